The zero-order valence-corrected chi connectivity index (χ0v) is 9.33. The molecule has 0 aliphatic heterocycles. The maximum absolute atomic E-state index is 9.06. The van der Waals surface area contributed by atoms with Crippen LogP contribution in [-0.2, 0) is 0 Å². The summed E-state index contributed by atoms with van der Waals surface area (Å²) >= 11 is 0. The van der Waals surface area contributed by atoms with E-state index in [0.717, 1.165) is 29.3 Å². The van der Waals surface area contributed by atoms with E-state index in [9.17, 15) is 0 Å². The van der Waals surface area contributed by atoms with E-state index >= 15 is 0 Å². The van der Waals surface area contributed by atoms with Gasteiger partial charge < -0.3 is 4.90 Å². The molecular formula is C13H16N2. The number of nitrogens with zero attached hydrogens (tertiary/aromatic N) is 2. The van der Waals surface area contributed by atoms with Crippen molar-refractivity contribution in [2.24, 2.45) is 5.92 Å². The topological polar surface area (TPSA) is 27.0 Å². The second-order valence-corrected chi connectivity index (χ2v) is 4.46. The van der Waals surface area contributed by atoms with Gasteiger partial charge in [-0.1, -0.05) is 6.07 Å². The SMILES string of the molecule is Cc1ccc(N(C)CC2CC2)c(C#N)c1. The minimum atomic E-state index is 0.790. The minimum absolute atomic E-state index is 0.790. The highest BCUT2D eigenvalue weighted by Crippen LogP contribution is 2.31. The van der Waals surface area contributed by atoms with Crippen LogP contribution in [0.15, 0.2) is 18.2 Å². The molecule has 15 heavy (non-hydrogen) atoms. The third kappa shape index (κ3) is 2.30. The van der Waals surface area contributed by atoms with Gasteiger partial charge >= 0.3 is 0 Å². The molecule has 1 aromatic carbocycles. The molecule has 2 heteroatoms. The van der Waals surface area contributed by atoms with Crippen LogP contribution < -0.4 is 4.90 Å². The number of anilines is 1. The molecule has 0 radical (unpaired) electrons. The highest BCUT2D eigenvalue weighted by molar-refractivity contribution is 5.60. The van der Waals surface area contributed by atoms with Gasteiger partial charge in [0.2, 0.25) is 0 Å². The molecule has 1 aromatic rings. The van der Waals surface area contributed by atoms with E-state index < -0.39 is 0 Å². The van der Waals surface area contributed by atoms with Crippen LogP contribution >= 0.6 is 0 Å². The van der Waals surface area contributed by atoms with Gasteiger partial charge in [-0.3, -0.25) is 0 Å². The largest absolute Gasteiger partial charge is 0.373 e. The summed E-state index contributed by atoms with van der Waals surface area (Å²) in [7, 11) is 2.07. The molecule has 1 fully saturated rings. The lowest BCUT2D eigenvalue weighted by atomic mass is 10.1. The first kappa shape index (κ1) is 10.0. The third-order valence-corrected chi connectivity index (χ3v) is 2.91. The van der Waals surface area contributed by atoms with Crippen LogP contribution in [0.25, 0.3) is 0 Å². The number of rotatable bonds is 3. The number of nitriles is 1. The molecule has 2 rings (SSSR count). The van der Waals surface area contributed by atoms with E-state index in [1.54, 1.807) is 0 Å². The van der Waals surface area contributed by atoms with Crippen LogP contribution in [0.1, 0.15) is 24.0 Å². The Bertz CT molecular complexity index is 399. The second-order valence-electron chi connectivity index (χ2n) is 4.46. The van der Waals surface area contributed by atoms with Crippen molar-refractivity contribution < 1.29 is 0 Å². The van der Waals surface area contributed by atoms with Crippen molar-refractivity contribution >= 4 is 5.69 Å². The lowest BCUT2D eigenvalue weighted by Gasteiger charge is -2.20. The predicted octanol–water partition coefficient (Wildman–Crippen LogP) is 2.71. The van der Waals surface area contributed by atoms with Crippen LogP contribution in [0.5, 0.6) is 0 Å². The summed E-state index contributed by atoms with van der Waals surface area (Å²) in [6.45, 7) is 3.10. The first-order valence-electron chi connectivity index (χ1n) is 5.42. The van der Waals surface area contributed by atoms with Gasteiger partial charge in [0.1, 0.15) is 6.07 Å². The van der Waals surface area contributed by atoms with E-state index in [4.69, 9.17) is 5.26 Å². The molecule has 1 aliphatic rings. The average molecular weight is 200 g/mol. The van der Waals surface area contributed by atoms with Gasteiger partial charge in [-0.15, -0.1) is 0 Å². The summed E-state index contributed by atoms with van der Waals surface area (Å²) in [5, 5.41) is 9.06. The highest BCUT2D eigenvalue weighted by atomic mass is 15.1. The minimum Gasteiger partial charge on any atom is -0.373 e. The molecule has 0 unspecified atom stereocenters. The quantitative estimate of drug-likeness (QED) is 0.750. The fourth-order valence-corrected chi connectivity index (χ4v) is 1.86. The Morgan fingerprint density at radius 2 is 2.20 bits per heavy atom. The third-order valence-electron chi connectivity index (χ3n) is 2.91. The van der Waals surface area contributed by atoms with Crippen molar-refractivity contribution in [2.75, 3.05) is 18.5 Å². The predicted molar refractivity (Wildman–Crippen MR) is 61.9 cm³/mol. The molecular weight excluding hydrogens is 184 g/mol. The van der Waals surface area contributed by atoms with E-state index in [1.807, 2.05) is 13.0 Å². The van der Waals surface area contributed by atoms with Crippen molar-refractivity contribution in [3.63, 3.8) is 0 Å². The highest BCUT2D eigenvalue weighted by Gasteiger charge is 2.23. The van der Waals surface area contributed by atoms with Gasteiger partial charge in [0, 0.05) is 13.6 Å². The van der Waals surface area contributed by atoms with Crippen LogP contribution in [0, 0.1) is 24.2 Å². The Morgan fingerprint density at radius 1 is 1.47 bits per heavy atom. The van der Waals surface area contributed by atoms with Gasteiger partial charge in [-0.2, -0.15) is 5.26 Å². The summed E-state index contributed by atoms with van der Waals surface area (Å²) in [6.07, 6.45) is 2.69. The van der Waals surface area contributed by atoms with Gasteiger partial charge in [-0.05, 0) is 43.4 Å². The number of benzene rings is 1. The van der Waals surface area contributed by atoms with Crippen molar-refractivity contribution in [1.29, 1.82) is 5.26 Å². The first-order chi connectivity index (χ1) is 7.20. The zero-order chi connectivity index (χ0) is 10.8. The number of hydrogen-bond donors (Lipinski definition) is 0. The average Bonchev–Trinajstić information content (AvgIpc) is 3.01. The normalized spacial score (nSPS) is 14.7. The summed E-state index contributed by atoms with van der Waals surface area (Å²) in [4.78, 5) is 2.20. The molecule has 0 N–H and O–H groups in total. The Kier molecular flexibility index (Phi) is 2.64. The van der Waals surface area contributed by atoms with Crippen molar-refractivity contribution in [1.82, 2.24) is 0 Å². The van der Waals surface area contributed by atoms with Crippen molar-refractivity contribution in [2.45, 2.75) is 19.8 Å². The van der Waals surface area contributed by atoms with Gasteiger partial charge in [-0.25, -0.2) is 0 Å². The van der Waals surface area contributed by atoms with Crippen LogP contribution in [-0.4, -0.2) is 13.6 Å². The molecule has 0 spiro atoms. The van der Waals surface area contributed by atoms with Crippen LogP contribution in [0.3, 0.4) is 0 Å². The molecule has 78 valence electrons. The van der Waals surface area contributed by atoms with Gasteiger partial charge in [0.05, 0.1) is 11.3 Å². The summed E-state index contributed by atoms with van der Waals surface area (Å²) in [5.74, 6) is 0.850. The van der Waals surface area contributed by atoms with Crippen LogP contribution in [0.2, 0.25) is 0 Å². The Hall–Kier alpha value is -1.49. The standard InChI is InChI=1S/C13H16N2/c1-10-3-6-13(12(7-10)8-14)15(2)9-11-4-5-11/h3,6-7,11H,4-5,9H2,1-2H3. The lowest BCUT2D eigenvalue weighted by Crippen LogP contribution is -2.20. The summed E-state index contributed by atoms with van der Waals surface area (Å²) in [5.41, 5.74) is 3.00. The summed E-state index contributed by atoms with van der Waals surface area (Å²) in [6, 6.07) is 8.35. The smallest absolute Gasteiger partial charge is 0.101 e. The molecule has 0 atom stereocenters. The molecule has 1 aliphatic carbocycles. The van der Waals surface area contributed by atoms with Crippen molar-refractivity contribution in [3.8, 4) is 6.07 Å². The monoisotopic (exact) mass is 200 g/mol. The molecule has 0 saturated heterocycles. The van der Waals surface area contributed by atoms with E-state index in [0.29, 0.717) is 0 Å². The molecule has 2 nitrogen and oxygen atoms in total. The Morgan fingerprint density at radius 3 is 2.80 bits per heavy atom. The van der Waals surface area contributed by atoms with Gasteiger partial charge in [0.15, 0.2) is 0 Å². The maximum atomic E-state index is 9.06. The summed E-state index contributed by atoms with van der Waals surface area (Å²) < 4.78 is 0. The molecule has 1 saturated carbocycles. The fourth-order valence-electron chi connectivity index (χ4n) is 1.86. The Balaban J connectivity index is 2.21. The molecule has 0 aromatic heterocycles. The molecule has 0 bridgehead atoms. The molecule has 0 amide bonds. The van der Waals surface area contributed by atoms with E-state index in [2.05, 4.69) is 30.1 Å². The lowest BCUT2D eigenvalue weighted by molar-refractivity contribution is 0.786. The fraction of sp³-hybridized carbons (Fsp3) is 0.462. The molecule has 0 heterocycles. The zero-order valence-electron chi connectivity index (χ0n) is 9.33. The first-order valence-corrected chi connectivity index (χ1v) is 5.42. The number of aryl methyl sites for hydroxylation is 1. The Labute approximate surface area is 91.1 Å². The second kappa shape index (κ2) is 3.94. The van der Waals surface area contributed by atoms with E-state index in [-0.39, 0.29) is 0 Å². The van der Waals surface area contributed by atoms with Gasteiger partial charge in [0.25, 0.3) is 0 Å². The maximum Gasteiger partial charge on any atom is 0.101 e. The van der Waals surface area contributed by atoms with E-state index in [1.165, 1.54) is 12.8 Å². The van der Waals surface area contributed by atoms with Crippen LogP contribution in [0.4, 0.5) is 5.69 Å². The van der Waals surface area contributed by atoms with Crippen molar-refractivity contribution in [3.05, 3.63) is 29.3 Å². The number of hydrogen-bond acceptors (Lipinski definition) is 2.